The van der Waals surface area contributed by atoms with E-state index < -0.39 is 5.91 Å². The molecule has 2 heterocycles. The van der Waals surface area contributed by atoms with Gasteiger partial charge in [0.05, 0.1) is 5.52 Å². The van der Waals surface area contributed by atoms with E-state index in [-0.39, 0.29) is 17.4 Å². The highest BCUT2D eigenvalue weighted by molar-refractivity contribution is 6.31. The smallest absolute Gasteiger partial charge is 0.287 e. The van der Waals surface area contributed by atoms with Crippen molar-refractivity contribution in [3.05, 3.63) is 64.7 Å². The molecule has 0 fully saturated rings. The number of amides is 2. The Balaban J connectivity index is 1.98. The van der Waals surface area contributed by atoms with Crippen LogP contribution >= 0.6 is 11.6 Å². The maximum atomic E-state index is 12.8. The van der Waals surface area contributed by atoms with Crippen LogP contribution < -0.4 is 10.6 Å². The van der Waals surface area contributed by atoms with Crippen LogP contribution in [0.4, 0.5) is 5.69 Å². The highest BCUT2D eigenvalue weighted by Gasteiger charge is 2.21. The quantitative estimate of drug-likeness (QED) is 0.719. The molecule has 0 aliphatic heterocycles. The molecule has 3 rings (SSSR count). The van der Waals surface area contributed by atoms with Gasteiger partial charge in [0, 0.05) is 23.5 Å². The summed E-state index contributed by atoms with van der Waals surface area (Å²) in [6, 6.07) is 10.6. The fourth-order valence-corrected chi connectivity index (χ4v) is 2.77. The van der Waals surface area contributed by atoms with Crippen molar-refractivity contribution in [2.24, 2.45) is 0 Å². The Morgan fingerprint density at radius 3 is 2.77 bits per heavy atom. The zero-order valence-corrected chi connectivity index (χ0v) is 15.3. The number of carbonyl (C=O) groups excluding carboxylic acids is 2. The second-order valence-corrected chi connectivity index (χ2v) is 6.35. The molecule has 0 unspecified atom stereocenters. The molecule has 0 atom stereocenters. The van der Waals surface area contributed by atoms with Gasteiger partial charge in [0.1, 0.15) is 0 Å². The van der Waals surface area contributed by atoms with Crippen LogP contribution in [0.25, 0.3) is 5.52 Å². The van der Waals surface area contributed by atoms with Crippen molar-refractivity contribution in [3.63, 3.8) is 0 Å². The molecule has 0 spiro atoms. The van der Waals surface area contributed by atoms with Gasteiger partial charge in [-0.1, -0.05) is 30.7 Å². The van der Waals surface area contributed by atoms with Crippen LogP contribution in [-0.2, 0) is 0 Å². The number of carbonyl (C=O) groups is 2. The topological polar surface area (TPSA) is 75.5 Å². The number of rotatable bonds is 5. The van der Waals surface area contributed by atoms with Gasteiger partial charge in [-0.25, -0.2) is 4.98 Å². The molecule has 7 heteroatoms. The number of anilines is 1. The lowest BCUT2D eigenvalue weighted by molar-refractivity contribution is 0.0942. The number of hydrogen-bond acceptors (Lipinski definition) is 3. The number of nitrogens with zero attached hydrogens (tertiary/aromatic N) is 2. The van der Waals surface area contributed by atoms with Crippen LogP contribution in [0.2, 0.25) is 5.02 Å². The van der Waals surface area contributed by atoms with Gasteiger partial charge in [-0.2, -0.15) is 0 Å². The van der Waals surface area contributed by atoms with Crippen molar-refractivity contribution < 1.29 is 9.59 Å². The SMILES string of the molecule is CCCNC(=O)c1nc(C(=O)Nc2cc(Cl)ccc2C)c2ccccn12. The van der Waals surface area contributed by atoms with E-state index in [0.29, 0.717) is 22.8 Å². The van der Waals surface area contributed by atoms with Crippen LogP contribution in [0.15, 0.2) is 42.6 Å². The van der Waals surface area contributed by atoms with Gasteiger partial charge in [0.15, 0.2) is 5.69 Å². The number of halogens is 1. The summed E-state index contributed by atoms with van der Waals surface area (Å²) in [6.45, 7) is 4.39. The lowest BCUT2D eigenvalue weighted by Crippen LogP contribution is -2.26. The molecule has 0 saturated carbocycles. The van der Waals surface area contributed by atoms with E-state index in [1.807, 2.05) is 19.9 Å². The van der Waals surface area contributed by atoms with E-state index >= 15 is 0 Å². The number of imidazole rings is 1. The summed E-state index contributed by atoms with van der Waals surface area (Å²) < 4.78 is 1.62. The lowest BCUT2D eigenvalue weighted by atomic mass is 10.2. The summed E-state index contributed by atoms with van der Waals surface area (Å²) in [5, 5.41) is 6.14. The van der Waals surface area contributed by atoms with Crippen LogP contribution in [0.5, 0.6) is 0 Å². The van der Waals surface area contributed by atoms with Gasteiger partial charge < -0.3 is 10.6 Å². The van der Waals surface area contributed by atoms with E-state index in [0.717, 1.165) is 12.0 Å². The second-order valence-electron chi connectivity index (χ2n) is 5.91. The first-order valence-electron chi connectivity index (χ1n) is 8.34. The van der Waals surface area contributed by atoms with Gasteiger partial charge in [-0.15, -0.1) is 0 Å². The van der Waals surface area contributed by atoms with Crippen molar-refractivity contribution in [1.82, 2.24) is 14.7 Å². The Hall–Kier alpha value is -2.86. The Bertz CT molecular complexity index is 981. The minimum absolute atomic E-state index is 0.182. The van der Waals surface area contributed by atoms with E-state index in [9.17, 15) is 9.59 Å². The summed E-state index contributed by atoms with van der Waals surface area (Å²) >= 11 is 6.01. The highest BCUT2D eigenvalue weighted by Crippen LogP contribution is 2.22. The molecule has 6 nitrogen and oxygen atoms in total. The Labute approximate surface area is 156 Å². The van der Waals surface area contributed by atoms with Gasteiger partial charge in [0.25, 0.3) is 11.8 Å². The van der Waals surface area contributed by atoms with Gasteiger partial charge in [0.2, 0.25) is 5.82 Å². The van der Waals surface area contributed by atoms with Crippen molar-refractivity contribution in [1.29, 1.82) is 0 Å². The molecule has 0 saturated heterocycles. The third-order valence-electron chi connectivity index (χ3n) is 3.95. The lowest BCUT2D eigenvalue weighted by Gasteiger charge is -2.07. The standard InChI is InChI=1S/C19H19ClN4O2/c1-3-9-21-19(26)17-23-16(15-6-4-5-10-24(15)17)18(25)22-14-11-13(20)8-7-12(14)2/h4-8,10-11H,3,9H2,1-2H3,(H,21,26)(H,22,25). The van der Waals surface area contributed by atoms with Crippen molar-refractivity contribution >= 4 is 34.6 Å². The number of hydrogen-bond donors (Lipinski definition) is 2. The Kier molecular flexibility index (Phi) is 5.23. The average Bonchev–Trinajstić information content (AvgIpc) is 3.02. The minimum Gasteiger partial charge on any atom is -0.349 e. The van der Waals surface area contributed by atoms with Gasteiger partial charge in [-0.3, -0.25) is 14.0 Å². The zero-order valence-electron chi connectivity index (χ0n) is 14.5. The Morgan fingerprint density at radius 2 is 2.00 bits per heavy atom. The molecule has 1 aromatic carbocycles. The molecule has 0 bridgehead atoms. The largest absolute Gasteiger partial charge is 0.349 e. The molecule has 2 aromatic heterocycles. The van der Waals surface area contributed by atoms with Crippen molar-refractivity contribution in [2.75, 3.05) is 11.9 Å². The predicted octanol–water partition coefficient (Wildman–Crippen LogP) is 3.69. The van der Waals surface area contributed by atoms with E-state index in [2.05, 4.69) is 15.6 Å². The first-order chi connectivity index (χ1) is 12.5. The first-order valence-corrected chi connectivity index (χ1v) is 8.72. The van der Waals surface area contributed by atoms with E-state index in [1.165, 1.54) is 0 Å². The maximum Gasteiger partial charge on any atom is 0.287 e. The van der Waals surface area contributed by atoms with Crippen LogP contribution in [0, 0.1) is 6.92 Å². The summed E-state index contributed by atoms with van der Waals surface area (Å²) in [5.74, 6) is -0.526. The molecule has 2 N–H and O–H groups in total. The first kappa shape index (κ1) is 17.9. The molecule has 0 aliphatic carbocycles. The normalized spacial score (nSPS) is 10.7. The number of fused-ring (bicyclic) bond motifs is 1. The van der Waals surface area contributed by atoms with E-state index in [4.69, 9.17) is 11.6 Å². The monoisotopic (exact) mass is 370 g/mol. The summed E-state index contributed by atoms with van der Waals surface area (Å²) in [7, 11) is 0. The zero-order chi connectivity index (χ0) is 18.7. The number of aromatic nitrogens is 2. The summed E-state index contributed by atoms with van der Waals surface area (Å²) in [4.78, 5) is 29.4. The molecular weight excluding hydrogens is 352 g/mol. The Morgan fingerprint density at radius 1 is 1.19 bits per heavy atom. The predicted molar refractivity (Wildman–Crippen MR) is 102 cm³/mol. The molecule has 26 heavy (non-hydrogen) atoms. The fraction of sp³-hybridized carbons (Fsp3) is 0.211. The number of aryl methyl sites for hydroxylation is 1. The van der Waals surface area contributed by atoms with Gasteiger partial charge >= 0.3 is 0 Å². The van der Waals surface area contributed by atoms with Crippen LogP contribution in [0.1, 0.15) is 40.0 Å². The van der Waals surface area contributed by atoms with Gasteiger partial charge in [-0.05, 0) is 43.2 Å². The number of pyridine rings is 1. The average molecular weight is 371 g/mol. The molecule has 134 valence electrons. The van der Waals surface area contributed by atoms with Crippen LogP contribution in [0.3, 0.4) is 0 Å². The molecule has 0 aliphatic rings. The third kappa shape index (κ3) is 3.55. The maximum absolute atomic E-state index is 12.8. The third-order valence-corrected chi connectivity index (χ3v) is 4.19. The molecular formula is C19H19ClN4O2. The summed E-state index contributed by atoms with van der Waals surface area (Å²) in [6.07, 6.45) is 2.53. The van der Waals surface area contributed by atoms with E-state index in [1.54, 1.807) is 40.9 Å². The molecule has 2 amide bonds. The summed E-state index contributed by atoms with van der Waals surface area (Å²) in [5.41, 5.74) is 2.24. The van der Waals surface area contributed by atoms with Crippen molar-refractivity contribution in [3.8, 4) is 0 Å². The highest BCUT2D eigenvalue weighted by atomic mass is 35.5. The van der Waals surface area contributed by atoms with Crippen LogP contribution in [-0.4, -0.2) is 27.7 Å². The minimum atomic E-state index is -0.395. The fourth-order valence-electron chi connectivity index (χ4n) is 2.59. The number of nitrogens with one attached hydrogen (secondary N) is 2. The second kappa shape index (κ2) is 7.58. The molecule has 0 radical (unpaired) electrons. The number of benzene rings is 1. The molecule has 3 aromatic rings. The van der Waals surface area contributed by atoms with Crippen molar-refractivity contribution in [2.45, 2.75) is 20.3 Å².